The second kappa shape index (κ2) is 10.7. The molecule has 5 rings (SSSR count). The number of fused-ring (bicyclic) bond motifs is 3. The van der Waals surface area contributed by atoms with E-state index in [2.05, 4.69) is 31.4 Å². The number of hydrogen-bond acceptors (Lipinski definition) is 5. The van der Waals surface area contributed by atoms with E-state index in [-0.39, 0.29) is 51.9 Å². The van der Waals surface area contributed by atoms with Crippen LogP contribution in [-0.4, -0.2) is 53.8 Å². The molecule has 0 bridgehead atoms. The summed E-state index contributed by atoms with van der Waals surface area (Å²) in [6.45, 7) is 5.78. The Hall–Kier alpha value is -3.94. The number of carbonyl (C=O) groups excluding carboxylic acids is 2. The standard InChI is InChI=1S/C28H29BrF3N7O3/c1-14(2)8-17-12-34-39-22-13-37(26(41)16-6-7-20(29)19(10-16)28(30,31)32)15(3)9-18(22)27(42)38(25(17)39)23-11-21(24(40)33-4)36(5)35-23/h6-7,10-12,14-15H,8-9,13H2,1-5H3,(H,33,40)/t15-/m0/s1. The Morgan fingerprint density at radius 2 is 1.93 bits per heavy atom. The lowest BCUT2D eigenvalue weighted by Crippen LogP contribution is -2.46. The Kier molecular flexibility index (Phi) is 7.54. The highest BCUT2D eigenvalue weighted by molar-refractivity contribution is 9.10. The van der Waals surface area contributed by atoms with Crippen LogP contribution in [0.5, 0.6) is 0 Å². The van der Waals surface area contributed by atoms with Crippen molar-refractivity contribution in [3.8, 4) is 5.82 Å². The summed E-state index contributed by atoms with van der Waals surface area (Å²) in [6.07, 6.45) is -2.23. The van der Waals surface area contributed by atoms with Crippen LogP contribution in [0, 0.1) is 5.92 Å². The molecule has 42 heavy (non-hydrogen) atoms. The number of carbonyl (C=O) groups is 2. The SMILES string of the molecule is CNC(=O)c1cc(-n2c(=O)c3c(n4ncc(CC(C)C)c24)CN(C(=O)c2ccc(Br)c(C(F)(F)F)c2)[C@@H](C)C3)nn1C. The van der Waals surface area contributed by atoms with E-state index in [1.165, 1.54) is 39.4 Å². The van der Waals surface area contributed by atoms with Crippen molar-refractivity contribution in [2.24, 2.45) is 13.0 Å². The lowest BCUT2D eigenvalue weighted by atomic mass is 9.97. The minimum Gasteiger partial charge on any atom is -0.354 e. The second-order valence-corrected chi connectivity index (χ2v) is 11.7. The van der Waals surface area contributed by atoms with Crippen LogP contribution < -0.4 is 10.9 Å². The topological polar surface area (TPSA) is 107 Å². The van der Waals surface area contributed by atoms with Crippen molar-refractivity contribution in [1.82, 2.24) is 34.2 Å². The lowest BCUT2D eigenvalue weighted by Gasteiger charge is -2.35. The first-order valence-electron chi connectivity index (χ1n) is 13.3. The first kappa shape index (κ1) is 29.5. The number of benzene rings is 1. The van der Waals surface area contributed by atoms with Crippen LogP contribution in [0.1, 0.15) is 64.0 Å². The third-order valence-corrected chi connectivity index (χ3v) is 8.10. The third-order valence-electron chi connectivity index (χ3n) is 7.41. The Bertz CT molecular complexity index is 1790. The van der Waals surface area contributed by atoms with Gasteiger partial charge in [0.15, 0.2) is 5.82 Å². The van der Waals surface area contributed by atoms with Crippen molar-refractivity contribution in [2.75, 3.05) is 7.05 Å². The number of alkyl halides is 3. The van der Waals surface area contributed by atoms with Crippen LogP contribution in [0.15, 0.2) is 39.7 Å². The van der Waals surface area contributed by atoms with Gasteiger partial charge in [0.2, 0.25) is 0 Å². The van der Waals surface area contributed by atoms with Crippen molar-refractivity contribution in [3.63, 3.8) is 0 Å². The Morgan fingerprint density at radius 3 is 2.57 bits per heavy atom. The monoisotopic (exact) mass is 647 g/mol. The Morgan fingerprint density at radius 1 is 1.21 bits per heavy atom. The van der Waals surface area contributed by atoms with Crippen molar-refractivity contribution < 1.29 is 22.8 Å². The van der Waals surface area contributed by atoms with Crippen molar-refractivity contribution in [2.45, 2.75) is 52.4 Å². The molecule has 0 unspecified atom stereocenters. The van der Waals surface area contributed by atoms with E-state index in [1.54, 1.807) is 24.7 Å². The zero-order chi connectivity index (χ0) is 30.7. The predicted molar refractivity (Wildman–Crippen MR) is 152 cm³/mol. The highest BCUT2D eigenvalue weighted by Crippen LogP contribution is 2.36. The number of hydrogen-bond donors (Lipinski definition) is 1. The zero-order valence-electron chi connectivity index (χ0n) is 23.6. The molecule has 0 saturated carbocycles. The summed E-state index contributed by atoms with van der Waals surface area (Å²) in [6, 6.07) is 4.42. The van der Waals surface area contributed by atoms with Gasteiger partial charge < -0.3 is 10.2 Å². The van der Waals surface area contributed by atoms with Gasteiger partial charge in [-0.1, -0.05) is 29.8 Å². The maximum absolute atomic E-state index is 14.1. The van der Waals surface area contributed by atoms with E-state index in [1.807, 2.05) is 13.8 Å². The molecule has 10 nitrogen and oxygen atoms in total. The number of rotatable bonds is 5. The molecule has 222 valence electrons. The van der Waals surface area contributed by atoms with E-state index >= 15 is 0 Å². The molecule has 1 aliphatic rings. The number of aryl methyl sites for hydroxylation is 1. The molecule has 3 aromatic heterocycles. The van der Waals surface area contributed by atoms with Crippen LogP contribution in [0.2, 0.25) is 0 Å². The van der Waals surface area contributed by atoms with Crippen LogP contribution in [0.25, 0.3) is 11.5 Å². The van der Waals surface area contributed by atoms with Gasteiger partial charge in [0.1, 0.15) is 11.3 Å². The van der Waals surface area contributed by atoms with Gasteiger partial charge in [0, 0.05) is 47.4 Å². The van der Waals surface area contributed by atoms with Crippen molar-refractivity contribution >= 4 is 33.4 Å². The number of amides is 2. The highest BCUT2D eigenvalue weighted by atomic mass is 79.9. The number of nitrogens with zero attached hydrogens (tertiary/aromatic N) is 6. The average molecular weight is 648 g/mol. The molecular weight excluding hydrogens is 619 g/mol. The van der Waals surface area contributed by atoms with Gasteiger partial charge in [-0.25, -0.2) is 9.08 Å². The van der Waals surface area contributed by atoms with Crippen LogP contribution in [0.4, 0.5) is 13.2 Å². The molecule has 0 spiro atoms. The minimum atomic E-state index is -4.64. The molecular formula is C28H29BrF3N7O3. The molecule has 4 aromatic rings. The highest BCUT2D eigenvalue weighted by Gasteiger charge is 2.36. The van der Waals surface area contributed by atoms with E-state index in [4.69, 9.17) is 0 Å². The lowest BCUT2D eigenvalue weighted by molar-refractivity contribution is -0.138. The summed E-state index contributed by atoms with van der Waals surface area (Å²) in [5, 5.41) is 11.6. The first-order chi connectivity index (χ1) is 19.7. The van der Waals surface area contributed by atoms with Gasteiger partial charge in [-0.05, 0) is 43.9 Å². The zero-order valence-corrected chi connectivity index (χ0v) is 25.2. The quantitative estimate of drug-likeness (QED) is 0.350. The minimum absolute atomic E-state index is 0.0339. The molecule has 0 aliphatic carbocycles. The average Bonchev–Trinajstić information content (AvgIpc) is 3.50. The van der Waals surface area contributed by atoms with Gasteiger partial charge in [-0.2, -0.15) is 23.4 Å². The van der Waals surface area contributed by atoms with Crippen molar-refractivity contribution in [3.05, 3.63) is 78.9 Å². The van der Waals surface area contributed by atoms with E-state index in [9.17, 15) is 27.6 Å². The maximum atomic E-state index is 14.1. The summed E-state index contributed by atoms with van der Waals surface area (Å²) < 4.78 is 45.0. The van der Waals surface area contributed by atoms with E-state index in [0.29, 0.717) is 23.3 Å². The van der Waals surface area contributed by atoms with Crippen molar-refractivity contribution in [1.29, 1.82) is 0 Å². The second-order valence-electron chi connectivity index (χ2n) is 10.8. The van der Waals surface area contributed by atoms with Gasteiger partial charge in [-0.15, -0.1) is 0 Å². The molecule has 0 saturated heterocycles. The number of aromatic nitrogens is 5. The van der Waals surface area contributed by atoms with Gasteiger partial charge in [-0.3, -0.25) is 19.1 Å². The molecule has 0 radical (unpaired) electrons. The van der Waals surface area contributed by atoms with E-state index in [0.717, 1.165) is 11.6 Å². The van der Waals surface area contributed by atoms with Crippen LogP contribution in [0.3, 0.4) is 0 Å². The van der Waals surface area contributed by atoms with Crippen LogP contribution in [-0.2, 0) is 32.6 Å². The molecule has 1 aromatic carbocycles. The molecule has 4 heterocycles. The fourth-order valence-corrected chi connectivity index (χ4v) is 5.87. The predicted octanol–water partition coefficient (Wildman–Crippen LogP) is 4.15. The van der Waals surface area contributed by atoms with E-state index < -0.39 is 23.7 Å². The first-order valence-corrected chi connectivity index (χ1v) is 14.1. The summed E-state index contributed by atoms with van der Waals surface area (Å²) >= 11 is 2.92. The normalized spacial score (nSPS) is 15.4. The summed E-state index contributed by atoms with van der Waals surface area (Å²) in [5.74, 6) is -0.474. The molecule has 1 N–H and O–H groups in total. The van der Waals surface area contributed by atoms with Gasteiger partial charge >= 0.3 is 6.18 Å². The van der Waals surface area contributed by atoms with Crippen LogP contribution >= 0.6 is 15.9 Å². The fourth-order valence-electron chi connectivity index (χ4n) is 5.40. The summed E-state index contributed by atoms with van der Waals surface area (Å²) in [4.78, 5) is 41.6. The molecule has 0 fully saturated rings. The maximum Gasteiger partial charge on any atom is 0.417 e. The Labute approximate surface area is 247 Å². The largest absolute Gasteiger partial charge is 0.417 e. The molecule has 14 heteroatoms. The molecule has 1 aliphatic heterocycles. The Balaban J connectivity index is 1.67. The third kappa shape index (κ3) is 5.01. The smallest absolute Gasteiger partial charge is 0.354 e. The number of halogens is 4. The molecule has 1 atom stereocenters. The number of nitrogens with one attached hydrogen (secondary N) is 1. The van der Waals surface area contributed by atoms with Gasteiger partial charge in [0.05, 0.1) is 24.0 Å². The summed E-state index contributed by atoms with van der Waals surface area (Å²) in [5.41, 5.74) is 0.975. The molecule has 2 amide bonds. The fraction of sp³-hybridized carbons (Fsp3) is 0.393. The summed E-state index contributed by atoms with van der Waals surface area (Å²) in [7, 11) is 3.11. The van der Waals surface area contributed by atoms with Gasteiger partial charge in [0.25, 0.3) is 17.4 Å².